The Morgan fingerprint density at radius 3 is 2.23 bits per heavy atom. The van der Waals surface area contributed by atoms with Crippen LogP contribution in [-0.2, 0) is 9.59 Å². The average Bonchev–Trinajstić information content (AvgIpc) is 3.07. The van der Waals surface area contributed by atoms with Crippen molar-refractivity contribution in [3.05, 3.63) is 29.8 Å². The number of rotatable bonds is 4. The topological polar surface area (TPSA) is 70.2 Å². The van der Waals surface area contributed by atoms with Gasteiger partial charge < -0.3 is 19.4 Å². The number of hydrogen-bond acceptors (Lipinski definition) is 4. The molecule has 0 aliphatic carbocycles. The summed E-state index contributed by atoms with van der Waals surface area (Å²) in [5.41, 5.74) is 0.616. The summed E-state index contributed by atoms with van der Waals surface area (Å²) in [5.74, 6) is 0.522. The van der Waals surface area contributed by atoms with Gasteiger partial charge in [-0.25, -0.2) is 0 Å². The number of benzene rings is 1. The summed E-state index contributed by atoms with van der Waals surface area (Å²) in [6, 6.07) is 7.04. The highest BCUT2D eigenvalue weighted by atomic mass is 16.5. The van der Waals surface area contributed by atoms with Gasteiger partial charge in [0.25, 0.3) is 5.91 Å². The van der Waals surface area contributed by atoms with Crippen LogP contribution in [0.3, 0.4) is 0 Å². The second-order valence-electron chi connectivity index (χ2n) is 6.68. The maximum absolute atomic E-state index is 12.7. The number of piperazine rings is 1. The van der Waals surface area contributed by atoms with E-state index in [4.69, 9.17) is 4.74 Å². The highest BCUT2D eigenvalue weighted by Crippen LogP contribution is 2.21. The smallest absolute Gasteiger partial charge is 0.253 e. The summed E-state index contributed by atoms with van der Waals surface area (Å²) < 4.78 is 5.11. The summed E-state index contributed by atoms with van der Waals surface area (Å²) in [4.78, 5) is 42.4. The largest absolute Gasteiger partial charge is 0.497 e. The van der Waals surface area contributed by atoms with Crippen LogP contribution in [-0.4, -0.2) is 78.8 Å². The minimum absolute atomic E-state index is 0.0332. The molecular weight excluding hydrogens is 334 g/mol. The lowest BCUT2D eigenvalue weighted by Gasteiger charge is -2.36. The first-order valence-corrected chi connectivity index (χ1v) is 9.03. The lowest BCUT2D eigenvalue weighted by molar-refractivity contribution is -0.137. The van der Waals surface area contributed by atoms with Crippen LogP contribution in [0.1, 0.15) is 23.7 Å². The third-order valence-corrected chi connectivity index (χ3v) is 5.16. The fourth-order valence-electron chi connectivity index (χ4n) is 3.55. The normalized spacial score (nSPS) is 20.5. The molecule has 0 saturated carbocycles. The van der Waals surface area contributed by atoms with Gasteiger partial charge in [0, 0.05) is 51.3 Å². The van der Waals surface area contributed by atoms with Crippen molar-refractivity contribution >= 4 is 17.7 Å². The van der Waals surface area contributed by atoms with Crippen LogP contribution in [0.4, 0.5) is 0 Å². The number of ether oxygens (including phenoxy) is 1. The Kier molecular flexibility index (Phi) is 5.44. The monoisotopic (exact) mass is 359 g/mol. The van der Waals surface area contributed by atoms with Gasteiger partial charge in [0.05, 0.1) is 13.0 Å². The number of amides is 3. The van der Waals surface area contributed by atoms with Gasteiger partial charge in [-0.15, -0.1) is 0 Å². The van der Waals surface area contributed by atoms with Crippen molar-refractivity contribution in [3.8, 4) is 5.75 Å². The number of hydrogen-bond donors (Lipinski definition) is 0. The molecule has 2 aliphatic heterocycles. The zero-order chi connectivity index (χ0) is 18.7. The van der Waals surface area contributed by atoms with Crippen LogP contribution < -0.4 is 4.74 Å². The average molecular weight is 359 g/mol. The molecule has 140 valence electrons. The molecule has 0 unspecified atom stereocenters. The van der Waals surface area contributed by atoms with Crippen LogP contribution in [0, 0.1) is 5.92 Å². The second-order valence-corrected chi connectivity index (χ2v) is 6.68. The van der Waals surface area contributed by atoms with Crippen LogP contribution in [0.5, 0.6) is 5.75 Å². The molecule has 0 aromatic heterocycles. The summed E-state index contributed by atoms with van der Waals surface area (Å²) in [6.45, 7) is 5.12. The maximum atomic E-state index is 12.7. The van der Waals surface area contributed by atoms with Crippen molar-refractivity contribution in [2.24, 2.45) is 5.92 Å². The predicted molar refractivity (Wildman–Crippen MR) is 95.8 cm³/mol. The van der Waals surface area contributed by atoms with Gasteiger partial charge in [0.1, 0.15) is 5.75 Å². The molecule has 3 rings (SSSR count). The molecule has 2 fully saturated rings. The lowest BCUT2D eigenvalue weighted by atomic mass is 10.1. The Bertz CT molecular complexity index is 681. The van der Waals surface area contributed by atoms with Crippen molar-refractivity contribution in [2.45, 2.75) is 13.3 Å². The third-order valence-electron chi connectivity index (χ3n) is 5.16. The number of methoxy groups -OCH3 is 1. The summed E-state index contributed by atoms with van der Waals surface area (Å²) in [7, 11) is 1.59. The second kappa shape index (κ2) is 7.76. The van der Waals surface area contributed by atoms with Crippen LogP contribution in [0.15, 0.2) is 24.3 Å². The fraction of sp³-hybridized carbons (Fsp3) is 0.526. The molecule has 0 bridgehead atoms. The number of carbonyl (C=O) groups excluding carboxylic acids is 3. The number of nitrogens with zero attached hydrogens (tertiary/aromatic N) is 3. The van der Waals surface area contributed by atoms with E-state index >= 15 is 0 Å². The molecule has 7 nitrogen and oxygen atoms in total. The molecule has 26 heavy (non-hydrogen) atoms. The lowest BCUT2D eigenvalue weighted by Crippen LogP contribution is -2.52. The standard InChI is InChI=1S/C19H25N3O4/c1-3-20-13-15(12-17(20)23)19(25)22-10-8-21(9-11-22)18(24)14-4-6-16(26-2)7-5-14/h4-7,15H,3,8-13H2,1-2H3/t15-/m1/s1. The van der Waals surface area contributed by atoms with Gasteiger partial charge in [0.2, 0.25) is 11.8 Å². The highest BCUT2D eigenvalue weighted by molar-refractivity contribution is 5.94. The van der Waals surface area contributed by atoms with Gasteiger partial charge in [0.15, 0.2) is 0 Å². The van der Waals surface area contributed by atoms with E-state index in [-0.39, 0.29) is 23.6 Å². The van der Waals surface area contributed by atoms with Crippen molar-refractivity contribution in [3.63, 3.8) is 0 Å². The molecule has 1 aromatic rings. The summed E-state index contributed by atoms with van der Waals surface area (Å²) >= 11 is 0. The Hall–Kier alpha value is -2.57. The van der Waals surface area contributed by atoms with Crippen molar-refractivity contribution in [2.75, 3.05) is 46.4 Å². The Labute approximate surface area is 153 Å². The van der Waals surface area contributed by atoms with E-state index in [1.807, 2.05) is 6.92 Å². The van der Waals surface area contributed by atoms with Crippen molar-refractivity contribution in [1.82, 2.24) is 14.7 Å². The molecule has 2 aliphatic rings. The van der Waals surface area contributed by atoms with E-state index in [2.05, 4.69) is 0 Å². The molecule has 0 spiro atoms. The van der Waals surface area contributed by atoms with E-state index in [1.54, 1.807) is 46.1 Å². The Balaban J connectivity index is 1.54. The Morgan fingerprint density at radius 2 is 1.69 bits per heavy atom. The van der Waals surface area contributed by atoms with Crippen LogP contribution in [0.25, 0.3) is 0 Å². The molecule has 3 amide bonds. The predicted octanol–water partition coefficient (Wildman–Crippen LogP) is 0.848. The quantitative estimate of drug-likeness (QED) is 0.799. The van der Waals surface area contributed by atoms with E-state index in [1.165, 1.54) is 0 Å². The first-order valence-electron chi connectivity index (χ1n) is 9.03. The van der Waals surface area contributed by atoms with E-state index in [9.17, 15) is 14.4 Å². The van der Waals surface area contributed by atoms with Crippen LogP contribution in [0.2, 0.25) is 0 Å². The van der Waals surface area contributed by atoms with Gasteiger partial charge in [-0.2, -0.15) is 0 Å². The highest BCUT2D eigenvalue weighted by Gasteiger charge is 2.36. The van der Waals surface area contributed by atoms with Crippen LogP contribution >= 0.6 is 0 Å². The first-order chi connectivity index (χ1) is 12.5. The minimum Gasteiger partial charge on any atom is -0.497 e. The molecule has 7 heteroatoms. The molecular formula is C19H25N3O4. The van der Waals surface area contributed by atoms with Gasteiger partial charge >= 0.3 is 0 Å². The zero-order valence-electron chi connectivity index (χ0n) is 15.3. The maximum Gasteiger partial charge on any atom is 0.253 e. The third kappa shape index (κ3) is 3.66. The molecule has 1 aromatic carbocycles. The van der Waals surface area contributed by atoms with E-state index < -0.39 is 0 Å². The molecule has 1 atom stereocenters. The molecule has 2 saturated heterocycles. The molecule has 2 heterocycles. The fourth-order valence-corrected chi connectivity index (χ4v) is 3.55. The van der Waals surface area contributed by atoms with Gasteiger partial charge in [-0.3, -0.25) is 14.4 Å². The number of likely N-dealkylation sites (tertiary alicyclic amines) is 1. The summed E-state index contributed by atoms with van der Waals surface area (Å²) in [5, 5.41) is 0. The molecule has 0 N–H and O–H groups in total. The van der Waals surface area contributed by atoms with Gasteiger partial charge in [-0.1, -0.05) is 0 Å². The summed E-state index contributed by atoms with van der Waals surface area (Å²) in [6.07, 6.45) is 0.303. The zero-order valence-corrected chi connectivity index (χ0v) is 15.3. The van der Waals surface area contributed by atoms with Crippen molar-refractivity contribution < 1.29 is 19.1 Å². The molecule has 0 radical (unpaired) electrons. The van der Waals surface area contributed by atoms with Crippen molar-refractivity contribution in [1.29, 1.82) is 0 Å². The minimum atomic E-state index is -0.244. The SMILES string of the molecule is CCN1C[C@H](C(=O)N2CCN(C(=O)c3ccc(OC)cc3)CC2)CC1=O. The van der Waals surface area contributed by atoms with Gasteiger partial charge in [-0.05, 0) is 31.2 Å². The number of carbonyl (C=O) groups is 3. The Morgan fingerprint density at radius 1 is 1.08 bits per heavy atom. The first kappa shape index (κ1) is 18.2. The van der Waals surface area contributed by atoms with E-state index in [0.717, 1.165) is 0 Å². The van der Waals surface area contributed by atoms with E-state index in [0.29, 0.717) is 57.0 Å².